The number of carbonyl (C=O) groups excluding carboxylic acids is 1. The number of thiazole rings is 1. The van der Waals surface area contributed by atoms with Crippen molar-refractivity contribution in [3.63, 3.8) is 0 Å². The molecule has 0 radical (unpaired) electrons. The molecule has 4 nitrogen and oxygen atoms in total. The molecule has 0 aliphatic heterocycles. The summed E-state index contributed by atoms with van der Waals surface area (Å²) in [5.74, 6) is -0.286. The van der Waals surface area contributed by atoms with Gasteiger partial charge in [-0.25, -0.2) is 0 Å². The number of hydrogen-bond acceptors (Lipinski definition) is 3. The van der Waals surface area contributed by atoms with Gasteiger partial charge in [-0.15, -0.1) is 11.3 Å². The van der Waals surface area contributed by atoms with E-state index in [9.17, 15) is 9.90 Å². The lowest BCUT2D eigenvalue weighted by Gasteiger charge is -2.07. The van der Waals surface area contributed by atoms with E-state index in [1.807, 2.05) is 52.4 Å². The van der Waals surface area contributed by atoms with Crippen LogP contribution in [0, 0.1) is 0 Å². The van der Waals surface area contributed by atoms with Gasteiger partial charge in [0.1, 0.15) is 0 Å². The Kier molecular flexibility index (Phi) is 5.40. The van der Waals surface area contributed by atoms with Crippen LogP contribution >= 0.6 is 27.3 Å². The Balaban J connectivity index is 2.04. The van der Waals surface area contributed by atoms with Gasteiger partial charge in [0, 0.05) is 22.0 Å². The summed E-state index contributed by atoms with van der Waals surface area (Å²) >= 11 is 4.81. The van der Waals surface area contributed by atoms with E-state index in [-0.39, 0.29) is 12.5 Å². The van der Waals surface area contributed by atoms with Gasteiger partial charge in [0.05, 0.1) is 12.3 Å². The number of benzene rings is 2. The smallest absolute Gasteiger partial charge is 0.279 e. The number of carbonyl (C=O) groups is 1. The second-order valence-electron chi connectivity index (χ2n) is 5.07. The summed E-state index contributed by atoms with van der Waals surface area (Å²) in [6, 6.07) is 16.9. The molecule has 0 unspecified atom stereocenters. The molecule has 0 atom stereocenters. The van der Waals surface area contributed by atoms with Gasteiger partial charge in [-0.2, -0.15) is 4.99 Å². The van der Waals surface area contributed by atoms with E-state index in [1.54, 1.807) is 12.1 Å². The number of amides is 1. The summed E-state index contributed by atoms with van der Waals surface area (Å²) in [4.78, 5) is 17.1. The van der Waals surface area contributed by atoms with Gasteiger partial charge in [0.25, 0.3) is 5.91 Å². The summed E-state index contributed by atoms with van der Waals surface area (Å²) in [5, 5.41) is 11.3. The maximum atomic E-state index is 12.3. The summed E-state index contributed by atoms with van der Waals surface area (Å²) in [5.41, 5.74) is 2.49. The van der Waals surface area contributed by atoms with Crippen LogP contribution in [0.4, 0.5) is 0 Å². The number of rotatable bonds is 4. The zero-order chi connectivity index (χ0) is 16.9. The van der Waals surface area contributed by atoms with Crippen LogP contribution in [0.1, 0.15) is 10.4 Å². The van der Waals surface area contributed by atoms with Gasteiger partial charge >= 0.3 is 0 Å². The lowest BCUT2D eigenvalue weighted by atomic mass is 10.2. The second kappa shape index (κ2) is 7.70. The Morgan fingerprint density at radius 2 is 1.83 bits per heavy atom. The van der Waals surface area contributed by atoms with Crippen molar-refractivity contribution in [3.8, 4) is 11.3 Å². The molecule has 3 aromatic rings. The van der Waals surface area contributed by atoms with Crippen LogP contribution < -0.4 is 4.80 Å². The molecule has 6 heteroatoms. The third-order valence-electron chi connectivity index (χ3n) is 3.48. The maximum absolute atomic E-state index is 12.3. The fourth-order valence-electron chi connectivity index (χ4n) is 2.32. The van der Waals surface area contributed by atoms with Crippen molar-refractivity contribution < 1.29 is 9.90 Å². The SMILES string of the molecule is O=C(N=c1scc(-c2ccc(Br)cc2)n1CCO)c1ccccc1. The van der Waals surface area contributed by atoms with E-state index in [2.05, 4.69) is 20.9 Å². The minimum atomic E-state index is -0.286. The maximum Gasteiger partial charge on any atom is 0.279 e. The van der Waals surface area contributed by atoms with Gasteiger partial charge in [-0.3, -0.25) is 4.79 Å². The molecule has 1 N–H and O–H groups in total. The van der Waals surface area contributed by atoms with Crippen molar-refractivity contribution in [2.75, 3.05) is 6.61 Å². The molecular weight excluding hydrogens is 388 g/mol. The zero-order valence-electron chi connectivity index (χ0n) is 12.7. The molecule has 3 rings (SSSR count). The molecule has 122 valence electrons. The fourth-order valence-corrected chi connectivity index (χ4v) is 3.52. The molecule has 0 fully saturated rings. The number of nitrogens with zero attached hydrogens (tertiary/aromatic N) is 2. The van der Waals surface area contributed by atoms with E-state index < -0.39 is 0 Å². The van der Waals surface area contributed by atoms with Crippen molar-refractivity contribution in [2.24, 2.45) is 4.99 Å². The number of aliphatic hydroxyl groups excluding tert-OH is 1. The molecule has 24 heavy (non-hydrogen) atoms. The molecule has 0 aliphatic carbocycles. The van der Waals surface area contributed by atoms with Crippen LogP contribution in [0.5, 0.6) is 0 Å². The van der Waals surface area contributed by atoms with E-state index in [0.717, 1.165) is 15.7 Å². The van der Waals surface area contributed by atoms with Crippen molar-refractivity contribution in [1.29, 1.82) is 0 Å². The Hall–Kier alpha value is -2.02. The molecule has 0 spiro atoms. The molecular formula is C18H15BrN2O2S. The average molecular weight is 403 g/mol. The summed E-state index contributed by atoms with van der Waals surface area (Å²) in [6.07, 6.45) is 0. The normalized spacial score (nSPS) is 11.7. The first kappa shape index (κ1) is 16.8. The van der Waals surface area contributed by atoms with Crippen LogP contribution in [0.25, 0.3) is 11.3 Å². The largest absolute Gasteiger partial charge is 0.395 e. The Bertz CT molecular complexity index is 899. The minimum absolute atomic E-state index is 0.0209. The predicted molar refractivity (Wildman–Crippen MR) is 98.9 cm³/mol. The molecule has 1 amide bonds. The van der Waals surface area contributed by atoms with Crippen LogP contribution in [0.15, 0.2) is 69.4 Å². The minimum Gasteiger partial charge on any atom is -0.395 e. The highest BCUT2D eigenvalue weighted by molar-refractivity contribution is 9.10. The van der Waals surface area contributed by atoms with Gasteiger partial charge in [0.2, 0.25) is 0 Å². The van der Waals surface area contributed by atoms with Crippen molar-refractivity contribution in [1.82, 2.24) is 4.57 Å². The van der Waals surface area contributed by atoms with Gasteiger partial charge in [-0.05, 0) is 29.8 Å². The Morgan fingerprint density at radius 3 is 2.50 bits per heavy atom. The number of aliphatic hydroxyl groups is 1. The standard InChI is InChI=1S/C18H15BrN2O2S/c19-15-8-6-13(7-9-15)16-12-24-18(21(16)10-11-22)20-17(23)14-4-2-1-3-5-14/h1-9,12,22H,10-11H2. The van der Waals surface area contributed by atoms with Gasteiger partial charge in [-0.1, -0.05) is 46.3 Å². The predicted octanol–water partition coefficient (Wildman–Crippen LogP) is 3.71. The van der Waals surface area contributed by atoms with E-state index in [0.29, 0.717) is 16.9 Å². The van der Waals surface area contributed by atoms with Gasteiger partial charge in [0.15, 0.2) is 4.80 Å². The lowest BCUT2D eigenvalue weighted by molar-refractivity contribution is 0.0997. The number of halogens is 1. The van der Waals surface area contributed by atoms with Crippen molar-refractivity contribution in [2.45, 2.75) is 6.54 Å². The molecule has 2 aromatic carbocycles. The van der Waals surface area contributed by atoms with Crippen molar-refractivity contribution >= 4 is 33.2 Å². The highest BCUT2D eigenvalue weighted by atomic mass is 79.9. The zero-order valence-corrected chi connectivity index (χ0v) is 15.1. The van der Waals surface area contributed by atoms with E-state index in [1.165, 1.54) is 11.3 Å². The van der Waals surface area contributed by atoms with E-state index in [4.69, 9.17) is 0 Å². The summed E-state index contributed by atoms with van der Waals surface area (Å²) in [6.45, 7) is 0.364. The first-order valence-corrected chi connectivity index (χ1v) is 9.05. The summed E-state index contributed by atoms with van der Waals surface area (Å²) in [7, 11) is 0. The Labute approximate surface area is 151 Å². The highest BCUT2D eigenvalue weighted by Crippen LogP contribution is 2.22. The first-order valence-electron chi connectivity index (χ1n) is 7.38. The van der Waals surface area contributed by atoms with Crippen LogP contribution in [0.2, 0.25) is 0 Å². The van der Waals surface area contributed by atoms with E-state index >= 15 is 0 Å². The van der Waals surface area contributed by atoms with Crippen LogP contribution in [-0.2, 0) is 6.54 Å². The topological polar surface area (TPSA) is 54.6 Å². The average Bonchev–Trinajstić information content (AvgIpc) is 2.99. The fraction of sp³-hybridized carbons (Fsp3) is 0.111. The third-order valence-corrected chi connectivity index (χ3v) is 4.87. The number of aromatic nitrogens is 1. The Morgan fingerprint density at radius 1 is 1.12 bits per heavy atom. The number of hydrogen-bond donors (Lipinski definition) is 1. The summed E-state index contributed by atoms with van der Waals surface area (Å²) < 4.78 is 2.87. The third kappa shape index (κ3) is 3.72. The quantitative estimate of drug-likeness (QED) is 0.722. The molecule has 0 saturated carbocycles. The van der Waals surface area contributed by atoms with Crippen LogP contribution in [0.3, 0.4) is 0 Å². The lowest BCUT2D eigenvalue weighted by Crippen LogP contribution is -2.19. The molecule has 0 aliphatic rings. The molecule has 1 heterocycles. The van der Waals surface area contributed by atoms with Gasteiger partial charge < -0.3 is 9.67 Å². The highest BCUT2D eigenvalue weighted by Gasteiger charge is 2.10. The molecule has 1 aromatic heterocycles. The second-order valence-corrected chi connectivity index (χ2v) is 6.82. The molecule has 0 bridgehead atoms. The monoisotopic (exact) mass is 402 g/mol. The molecule has 0 saturated heterocycles. The first-order chi connectivity index (χ1) is 11.7. The van der Waals surface area contributed by atoms with Crippen LogP contribution in [-0.4, -0.2) is 22.2 Å². The van der Waals surface area contributed by atoms with Crippen molar-refractivity contribution in [3.05, 3.63) is 74.8 Å².